The second-order valence-corrected chi connectivity index (χ2v) is 4.19. The van der Waals surface area contributed by atoms with E-state index in [1.807, 2.05) is 30.3 Å². The molecule has 0 aromatic heterocycles. The number of carbonyl (C=O) groups excluding carboxylic acids is 1. The summed E-state index contributed by atoms with van der Waals surface area (Å²) in [5.74, 6) is -0.154. The number of methoxy groups -OCH3 is 1. The van der Waals surface area contributed by atoms with Crippen LogP contribution in [0.2, 0.25) is 0 Å². The zero-order valence-electron chi connectivity index (χ0n) is 11.3. The highest BCUT2D eigenvalue weighted by atomic mass is 16.5. The minimum absolute atomic E-state index is 0.154. The maximum absolute atomic E-state index is 11.7. The lowest BCUT2D eigenvalue weighted by Crippen LogP contribution is -2.43. The van der Waals surface area contributed by atoms with E-state index < -0.39 is 6.04 Å². The Labute approximate surface area is 114 Å². The van der Waals surface area contributed by atoms with Crippen LogP contribution in [-0.4, -0.2) is 45.4 Å². The summed E-state index contributed by atoms with van der Waals surface area (Å²) in [5.41, 5.74) is 6.90. The predicted octanol–water partition coefficient (Wildman–Crippen LogP) is 0.336. The largest absolute Gasteiger partial charge is 0.382 e. The molecule has 0 unspecified atom stereocenters. The highest BCUT2D eigenvalue weighted by molar-refractivity contribution is 5.81. The Bertz CT molecular complexity index is 357. The second kappa shape index (κ2) is 9.49. The van der Waals surface area contributed by atoms with Gasteiger partial charge in [0.1, 0.15) is 0 Å². The molecule has 1 atom stereocenters. The van der Waals surface area contributed by atoms with Crippen LogP contribution >= 0.6 is 0 Å². The van der Waals surface area contributed by atoms with Crippen LogP contribution in [0.15, 0.2) is 30.3 Å². The number of ether oxygens (including phenoxy) is 2. The smallest absolute Gasteiger partial charge is 0.237 e. The second-order valence-electron chi connectivity index (χ2n) is 4.19. The van der Waals surface area contributed by atoms with Crippen molar-refractivity contribution in [3.8, 4) is 0 Å². The van der Waals surface area contributed by atoms with Crippen LogP contribution in [0.1, 0.15) is 5.56 Å². The number of rotatable bonds is 9. The van der Waals surface area contributed by atoms with Gasteiger partial charge in [0, 0.05) is 13.7 Å². The molecule has 5 nitrogen and oxygen atoms in total. The Morgan fingerprint density at radius 3 is 2.68 bits per heavy atom. The Hall–Kier alpha value is -1.43. The van der Waals surface area contributed by atoms with E-state index in [1.165, 1.54) is 0 Å². The number of hydrogen-bond donors (Lipinski definition) is 2. The van der Waals surface area contributed by atoms with Crippen LogP contribution in [0, 0.1) is 0 Å². The third-order valence-corrected chi connectivity index (χ3v) is 2.61. The molecule has 0 aliphatic carbocycles. The number of hydrogen-bond acceptors (Lipinski definition) is 4. The molecule has 0 saturated heterocycles. The zero-order valence-corrected chi connectivity index (χ0v) is 11.3. The van der Waals surface area contributed by atoms with E-state index in [0.717, 1.165) is 5.56 Å². The van der Waals surface area contributed by atoms with Crippen molar-refractivity contribution < 1.29 is 14.3 Å². The van der Waals surface area contributed by atoms with Gasteiger partial charge < -0.3 is 20.5 Å². The van der Waals surface area contributed by atoms with E-state index >= 15 is 0 Å². The maximum Gasteiger partial charge on any atom is 0.237 e. The van der Waals surface area contributed by atoms with E-state index in [-0.39, 0.29) is 5.91 Å². The minimum Gasteiger partial charge on any atom is -0.382 e. The summed E-state index contributed by atoms with van der Waals surface area (Å²) in [7, 11) is 1.62. The van der Waals surface area contributed by atoms with Gasteiger partial charge in [-0.1, -0.05) is 30.3 Å². The standard InChI is InChI=1S/C14H22N2O3/c1-18-9-10-19-8-7-16-14(17)13(15)11-12-5-3-2-4-6-12/h2-6,13H,7-11,15H2,1H3,(H,16,17)/t13-/m1/s1. The van der Waals surface area contributed by atoms with Crippen molar-refractivity contribution in [1.82, 2.24) is 5.32 Å². The van der Waals surface area contributed by atoms with Crippen molar-refractivity contribution in [2.75, 3.05) is 33.5 Å². The van der Waals surface area contributed by atoms with Gasteiger partial charge in [-0.25, -0.2) is 0 Å². The lowest BCUT2D eigenvalue weighted by molar-refractivity contribution is -0.122. The van der Waals surface area contributed by atoms with Crippen LogP contribution in [0.4, 0.5) is 0 Å². The highest BCUT2D eigenvalue weighted by Gasteiger charge is 2.12. The monoisotopic (exact) mass is 266 g/mol. The lowest BCUT2D eigenvalue weighted by atomic mass is 10.1. The molecule has 106 valence electrons. The summed E-state index contributed by atoms with van der Waals surface area (Å²) < 4.78 is 10.1. The third kappa shape index (κ3) is 6.91. The van der Waals surface area contributed by atoms with Gasteiger partial charge in [0.2, 0.25) is 5.91 Å². The van der Waals surface area contributed by atoms with E-state index in [9.17, 15) is 4.79 Å². The number of carbonyl (C=O) groups is 1. The van der Waals surface area contributed by atoms with Gasteiger partial charge in [0.15, 0.2) is 0 Å². The molecule has 1 aromatic rings. The van der Waals surface area contributed by atoms with Crippen LogP contribution < -0.4 is 11.1 Å². The first-order valence-electron chi connectivity index (χ1n) is 6.38. The molecule has 0 aliphatic rings. The van der Waals surface area contributed by atoms with E-state index in [0.29, 0.717) is 32.8 Å². The third-order valence-electron chi connectivity index (χ3n) is 2.61. The SMILES string of the molecule is COCCOCCNC(=O)[C@H](N)Cc1ccccc1. The molecule has 19 heavy (non-hydrogen) atoms. The molecule has 0 aliphatic heterocycles. The Morgan fingerprint density at radius 1 is 1.26 bits per heavy atom. The first kappa shape index (κ1) is 15.6. The summed E-state index contributed by atoms with van der Waals surface area (Å²) in [6.07, 6.45) is 0.539. The van der Waals surface area contributed by atoms with Crippen molar-refractivity contribution in [3.63, 3.8) is 0 Å². The highest BCUT2D eigenvalue weighted by Crippen LogP contribution is 2.01. The van der Waals surface area contributed by atoms with Crippen molar-refractivity contribution >= 4 is 5.91 Å². The molecular formula is C14H22N2O3. The van der Waals surface area contributed by atoms with Gasteiger partial charge in [0.25, 0.3) is 0 Å². The first-order valence-corrected chi connectivity index (χ1v) is 6.38. The van der Waals surface area contributed by atoms with Crippen LogP contribution in [0.3, 0.4) is 0 Å². The summed E-state index contributed by atoms with van der Waals surface area (Å²) in [6.45, 7) is 2.02. The number of nitrogens with one attached hydrogen (secondary N) is 1. The van der Waals surface area contributed by atoms with E-state index in [2.05, 4.69) is 5.32 Å². The van der Waals surface area contributed by atoms with Crippen LogP contribution in [0.25, 0.3) is 0 Å². The molecule has 0 bridgehead atoms. The molecule has 5 heteroatoms. The molecule has 1 amide bonds. The average Bonchev–Trinajstić information content (AvgIpc) is 2.43. The van der Waals surface area contributed by atoms with Crippen molar-refractivity contribution in [2.45, 2.75) is 12.5 Å². The quantitative estimate of drug-likeness (QED) is 0.632. The molecule has 1 aromatic carbocycles. The molecule has 3 N–H and O–H groups in total. The summed E-state index contributed by atoms with van der Waals surface area (Å²) in [5, 5.41) is 2.75. The fourth-order valence-corrected chi connectivity index (χ4v) is 1.58. The van der Waals surface area contributed by atoms with Crippen LogP contribution in [-0.2, 0) is 20.7 Å². The van der Waals surface area contributed by atoms with Gasteiger partial charge in [-0.3, -0.25) is 4.79 Å². The predicted molar refractivity (Wildman–Crippen MR) is 73.8 cm³/mol. The summed E-state index contributed by atoms with van der Waals surface area (Å²) in [6, 6.07) is 9.20. The van der Waals surface area contributed by atoms with Crippen molar-refractivity contribution in [3.05, 3.63) is 35.9 Å². The number of nitrogens with two attached hydrogens (primary N) is 1. The van der Waals surface area contributed by atoms with Gasteiger partial charge in [-0.15, -0.1) is 0 Å². The fraction of sp³-hybridized carbons (Fsp3) is 0.500. The number of benzene rings is 1. The van der Waals surface area contributed by atoms with E-state index in [4.69, 9.17) is 15.2 Å². The Balaban J connectivity index is 2.15. The first-order chi connectivity index (χ1) is 9.24. The zero-order chi connectivity index (χ0) is 13.9. The molecule has 0 heterocycles. The van der Waals surface area contributed by atoms with Crippen LogP contribution in [0.5, 0.6) is 0 Å². The molecule has 0 saturated carbocycles. The van der Waals surface area contributed by atoms with Gasteiger partial charge in [-0.05, 0) is 12.0 Å². The topological polar surface area (TPSA) is 73.6 Å². The molecular weight excluding hydrogens is 244 g/mol. The lowest BCUT2D eigenvalue weighted by Gasteiger charge is -2.12. The molecule has 0 fully saturated rings. The normalized spacial score (nSPS) is 12.1. The van der Waals surface area contributed by atoms with Gasteiger partial charge >= 0.3 is 0 Å². The van der Waals surface area contributed by atoms with Crippen molar-refractivity contribution in [2.24, 2.45) is 5.73 Å². The number of amides is 1. The Morgan fingerprint density at radius 2 is 2.00 bits per heavy atom. The summed E-state index contributed by atoms with van der Waals surface area (Å²) in [4.78, 5) is 11.7. The fourth-order valence-electron chi connectivity index (χ4n) is 1.58. The maximum atomic E-state index is 11.7. The van der Waals surface area contributed by atoms with E-state index in [1.54, 1.807) is 7.11 Å². The van der Waals surface area contributed by atoms with Gasteiger partial charge in [-0.2, -0.15) is 0 Å². The molecule has 1 rings (SSSR count). The molecule has 0 radical (unpaired) electrons. The van der Waals surface area contributed by atoms with Gasteiger partial charge in [0.05, 0.1) is 25.9 Å². The Kier molecular flexibility index (Phi) is 7.81. The summed E-state index contributed by atoms with van der Waals surface area (Å²) >= 11 is 0. The minimum atomic E-state index is -0.527. The average molecular weight is 266 g/mol. The van der Waals surface area contributed by atoms with Crippen molar-refractivity contribution in [1.29, 1.82) is 0 Å². The molecule has 0 spiro atoms.